The topological polar surface area (TPSA) is 29.9 Å². The van der Waals surface area contributed by atoms with Gasteiger partial charge in [0.1, 0.15) is 0 Å². The summed E-state index contributed by atoms with van der Waals surface area (Å²) in [4.78, 5) is 0. The maximum atomic E-state index is 6.54. The Morgan fingerprint density at radius 3 is 2.38 bits per heavy atom. The molecule has 1 aromatic rings. The van der Waals surface area contributed by atoms with E-state index in [1.807, 2.05) is 0 Å². The molecule has 0 bridgehead atoms. The molecule has 0 amide bonds. The average Bonchev–Trinajstić information content (AvgIpc) is 2.72. The van der Waals surface area contributed by atoms with Gasteiger partial charge in [-0.25, -0.2) is 0 Å². The van der Waals surface area contributed by atoms with E-state index < -0.39 is 0 Å². The Bertz CT molecular complexity index is 432. The van der Waals surface area contributed by atoms with E-state index in [1.165, 1.54) is 18.5 Å². The third-order valence-corrected chi connectivity index (χ3v) is 4.23. The van der Waals surface area contributed by atoms with Crippen molar-refractivity contribution >= 4 is 11.6 Å². The minimum atomic E-state index is 0.162. The highest BCUT2D eigenvalue weighted by Crippen LogP contribution is 2.25. The molecule has 21 heavy (non-hydrogen) atoms. The van der Waals surface area contributed by atoms with E-state index in [4.69, 9.17) is 11.6 Å². The van der Waals surface area contributed by atoms with Crippen molar-refractivity contribution in [2.24, 2.45) is 5.92 Å². The Kier molecular flexibility index (Phi) is 7.22. The highest BCUT2D eigenvalue weighted by molar-refractivity contribution is 6.31. The van der Waals surface area contributed by atoms with Crippen molar-refractivity contribution < 1.29 is 0 Å². The maximum absolute atomic E-state index is 6.54. The average molecular weight is 314 g/mol. The van der Waals surface area contributed by atoms with Crippen LogP contribution in [0.25, 0.3) is 0 Å². The second-order valence-electron chi connectivity index (χ2n) is 6.87. The molecule has 1 aromatic heterocycles. The molecule has 0 spiro atoms. The van der Waals surface area contributed by atoms with Gasteiger partial charge in [0.15, 0.2) is 0 Å². The van der Waals surface area contributed by atoms with Crippen molar-refractivity contribution in [2.45, 2.75) is 79.3 Å². The Morgan fingerprint density at radius 1 is 1.24 bits per heavy atom. The first kappa shape index (κ1) is 18.5. The second kappa shape index (κ2) is 8.19. The normalized spacial score (nSPS) is 13.7. The van der Waals surface area contributed by atoms with Crippen molar-refractivity contribution in [1.29, 1.82) is 0 Å². The van der Waals surface area contributed by atoms with Crippen molar-refractivity contribution in [3.63, 3.8) is 0 Å². The molecule has 1 N–H and O–H groups in total. The van der Waals surface area contributed by atoms with Crippen molar-refractivity contribution in [2.75, 3.05) is 6.54 Å². The summed E-state index contributed by atoms with van der Waals surface area (Å²) in [5, 5.41) is 9.15. The predicted molar refractivity (Wildman–Crippen MR) is 92.1 cm³/mol. The molecule has 1 unspecified atom stereocenters. The molecule has 0 radical (unpaired) electrons. The van der Waals surface area contributed by atoms with Gasteiger partial charge < -0.3 is 5.32 Å². The SMILES string of the molecule is CCCC(CNC(C)(C)C)Cc1c(Cl)c(CC)nn1CC. The molecule has 1 atom stereocenters. The molecule has 1 rings (SSSR count). The highest BCUT2D eigenvalue weighted by Gasteiger charge is 2.20. The summed E-state index contributed by atoms with van der Waals surface area (Å²) in [6.07, 6.45) is 4.33. The summed E-state index contributed by atoms with van der Waals surface area (Å²) in [7, 11) is 0. The molecule has 0 aliphatic carbocycles. The number of halogens is 1. The number of aryl methyl sites for hydroxylation is 2. The zero-order chi connectivity index (χ0) is 16.0. The molecule has 0 aliphatic rings. The third kappa shape index (κ3) is 5.63. The van der Waals surface area contributed by atoms with Crippen LogP contribution < -0.4 is 5.32 Å². The fourth-order valence-electron chi connectivity index (χ4n) is 2.62. The summed E-state index contributed by atoms with van der Waals surface area (Å²) >= 11 is 6.54. The van der Waals surface area contributed by atoms with Crippen molar-refractivity contribution in [1.82, 2.24) is 15.1 Å². The molecule has 0 fully saturated rings. The smallest absolute Gasteiger partial charge is 0.0849 e. The Balaban J connectivity index is 2.85. The van der Waals surface area contributed by atoms with Crippen molar-refractivity contribution in [3.05, 3.63) is 16.4 Å². The van der Waals surface area contributed by atoms with Crippen LogP contribution in [0.2, 0.25) is 5.02 Å². The van der Waals surface area contributed by atoms with E-state index in [9.17, 15) is 0 Å². The van der Waals surface area contributed by atoms with E-state index in [0.717, 1.165) is 36.6 Å². The summed E-state index contributed by atoms with van der Waals surface area (Å²) in [6, 6.07) is 0. The Labute approximate surface area is 135 Å². The Hall–Kier alpha value is -0.540. The quantitative estimate of drug-likeness (QED) is 0.767. The van der Waals surface area contributed by atoms with Gasteiger partial charge in [0.2, 0.25) is 0 Å². The van der Waals surface area contributed by atoms with E-state index in [0.29, 0.717) is 5.92 Å². The molecule has 4 heteroatoms. The van der Waals surface area contributed by atoms with Crippen LogP contribution in [-0.2, 0) is 19.4 Å². The molecule has 0 aliphatic heterocycles. The number of nitrogens with one attached hydrogen (secondary N) is 1. The van der Waals surface area contributed by atoms with Gasteiger partial charge in [-0.3, -0.25) is 4.68 Å². The van der Waals surface area contributed by atoms with E-state index in [2.05, 4.69) is 56.6 Å². The molecule has 1 heterocycles. The molecule has 3 nitrogen and oxygen atoms in total. The van der Waals surface area contributed by atoms with Gasteiger partial charge in [-0.2, -0.15) is 5.10 Å². The van der Waals surface area contributed by atoms with Gasteiger partial charge >= 0.3 is 0 Å². The van der Waals surface area contributed by atoms with Crippen LogP contribution >= 0.6 is 11.6 Å². The number of hydrogen-bond acceptors (Lipinski definition) is 2. The first-order valence-corrected chi connectivity index (χ1v) is 8.69. The summed E-state index contributed by atoms with van der Waals surface area (Å²) < 4.78 is 2.08. The van der Waals surface area contributed by atoms with Crippen LogP contribution in [0.4, 0.5) is 0 Å². The van der Waals surface area contributed by atoms with Crippen LogP contribution in [0.3, 0.4) is 0 Å². The van der Waals surface area contributed by atoms with Crippen LogP contribution in [-0.4, -0.2) is 21.9 Å². The van der Waals surface area contributed by atoms with Crippen molar-refractivity contribution in [3.8, 4) is 0 Å². The third-order valence-electron chi connectivity index (χ3n) is 3.79. The van der Waals surface area contributed by atoms with Crippen LogP contribution in [0.15, 0.2) is 0 Å². The van der Waals surface area contributed by atoms with Gasteiger partial charge in [0, 0.05) is 12.1 Å². The predicted octanol–water partition coefficient (Wildman–Crippen LogP) is 4.47. The van der Waals surface area contributed by atoms with Gasteiger partial charge in [0.05, 0.1) is 16.4 Å². The number of aromatic nitrogens is 2. The number of hydrogen-bond donors (Lipinski definition) is 1. The lowest BCUT2D eigenvalue weighted by Gasteiger charge is -2.25. The standard InChI is InChI=1S/C17H32ClN3/c1-7-10-13(12-19-17(4,5)6)11-15-16(18)14(8-2)20-21(15)9-3/h13,19H,7-12H2,1-6H3. The lowest BCUT2D eigenvalue weighted by molar-refractivity contribution is 0.350. The first-order chi connectivity index (χ1) is 9.82. The van der Waals surface area contributed by atoms with Gasteiger partial charge in [-0.1, -0.05) is 31.9 Å². The number of nitrogens with zero attached hydrogens (tertiary/aromatic N) is 2. The van der Waals surface area contributed by atoms with Gasteiger partial charge in [0.25, 0.3) is 0 Å². The van der Waals surface area contributed by atoms with Crippen LogP contribution in [0.5, 0.6) is 0 Å². The fraction of sp³-hybridized carbons (Fsp3) is 0.824. The molecule has 0 aromatic carbocycles. The van der Waals surface area contributed by atoms with Crippen LogP contribution in [0, 0.1) is 5.92 Å². The molecular formula is C17H32ClN3. The number of rotatable bonds is 8. The Morgan fingerprint density at radius 2 is 1.90 bits per heavy atom. The molecule has 122 valence electrons. The monoisotopic (exact) mass is 313 g/mol. The van der Waals surface area contributed by atoms with Gasteiger partial charge in [-0.15, -0.1) is 0 Å². The molecule has 0 saturated carbocycles. The van der Waals surface area contributed by atoms with E-state index >= 15 is 0 Å². The fourth-order valence-corrected chi connectivity index (χ4v) is 2.97. The largest absolute Gasteiger partial charge is 0.312 e. The summed E-state index contributed by atoms with van der Waals surface area (Å²) in [5.74, 6) is 0.610. The lowest BCUT2D eigenvalue weighted by Crippen LogP contribution is -2.39. The molecular weight excluding hydrogens is 282 g/mol. The summed E-state index contributed by atoms with van der Waals surface area (Å²) in [5.41, 5.74) is 2.41. The van der Waals surface area contributed by atoms with E-state index in [-0.39, 0.29) is 5.54 Å². The lowest BCUT2D eigenvalue weighted by atomic mass is 9.96. The zero-order valence-corrected chi connectivity index (χ0v) is 15.3. The minimum absolute atomic E-state index is 0.162. The highest BCUT2D eigenvalue weighted by atomic mass is 35.5. The van der Waals surface area contributed by atoms with Gasteiger partial charge in [-0.05, 0) is 59.4 Å². The van der Waals surface area contributed by atoms with Crippen LogP contribution in [0.1, 0.15) is 65.8 Å². The van der Waals surface area contributed by atoms with E-state index in [1.54, 1.807) is 0 Å². The molecule has 0 saturated heterocycles. The maximum Gasteiger partial charge on any atom is 0.0849 e. The summed E-state index contributed by atoms with van der Waals surface area (Å²) in [6.45, 7) is 15.1. The minimum Gasteiger partial charge on any atom is -0.312 e. The zero-order valence-electron chi connectivity index (χ0n) is 14.6. The first-order valence-electron chi connectivity index (χ1n) is 8.31. The second-order valence-corrected chi connectivity index (χ2v) is 7.24.